The second kappa shape index (κ2) is 8.26. The summed E-state index contributed by atoms with van der Waals surface area (Å²) in [4.78, 5) is 34.2. The smallest absolute Gasteiger partial charge is 0.262 e. The number of amides is 1. The first-order valence-corrected chi connectivity index (χ1v) is 11.1. The first-order chi connectivity index (χ1) is 14.0. The molecule has 0 unspecified atom stereocenters. The Hall–Kier alpha value is -2.84. The van der Waals surface area contributed by atoms with Crippen LogP contribution < -0.4 is 10.9 Å². The number of benzene rings is 1. The minimum Gasteiger partial charge on any atom is -0.300 e. The van der Waals surface area contributed by atoms with Gasteiger partial charge >= 0.3 is 0 Å². The van der Waals surface area contributed by atoms with E-state index in [1.807, 2.05) is 10.8 Å². The molecule has 1 N–H and O–H groups in total. The molecular weight excluding hydrogens is 404 g/mol. The monoisotopic (exact) mass is 424 g/mol. The lowest BCUT2D eigenvalue weighted by molar-refractivity contribution is -0.116. The molecule has 0 radical (unpaired) electrons. The van der Waals surface area contributed by atoms with Gasteiger partial charge in [0.15, 0.2) is 5.13 Å². The Labute approximate surface area is 175 Å². The van der Waals surface area contributed by atoms with Crippen molar-refractivity contribution in [2.45, 2.75) is 32.7 Å². The Morgan fingerprint density at radius 2 is 2.00 bits per heavy atom. The summed E-state index contributed by atoms with van der Waals surface area (Å²) in [5, 5.41) is 7.54. The van der Waals surface area contributed by atoms with Crippen molar-refractivity contribution < 1.29 is 4.79 Å². The molecule has 0 fully saturated rings. The SMILES string of the molecule is CC[C@@H](C)c1ccc(-c2csc(NC(=O)Cn3cnc4sccc4c3=O)n2)cc1. The van der Waals surface area contributed by atoms with Gasteiger partial charge in [0, 0.05) is 10.9 Å². The number of carbonyl (C=O) groups is 1. The predicted octanol–water partition coefficient (Wildman–Crippen LogP) is 4.73. The average Bonchev–Trinajstić information content (AvgIpc) is 3.39. The summed E-state index contributed by atoms with van der Waals surface area (Å²) in [7, 11) is 0. The van der Waals surface area contributed by atoms with Gasteiger partial charge in [-0.2, -0.15) is 0 Å². The number of hydrogen-bond donors (Lipinski definition) is 1. The summed E-state index contributed by atoms with van der Waals surface area (Å²) in [5.74, 6) is 0.219. The standard InChI is InChI=1S/C21H20N4O2S2/c1-3-13(2)14-4-6-15(7-5-14)17-11-29-21(23-17)24-18(26)10-25-12-22-19-16(20(25)27)8-9-28-19/h4-9,11-13H,3,10H2,1-2H3,(H,23,24,26)/t13-/m1/s1. The summed E-state index contributed by atoms with van der Waals surface area (Å²) in [5.41, 5.74) is 2.92. The highest BCUT2D eigenvalue weighted by atomic mass is 32.1. The number of fused-ring (bicyclic) bond motifs is 1. The van der Waals surface area contributed by atoms with Gasteiger partial charge in [-0.3, -0.25) is 14.2 Å². The average molecular weight is 425 g/mol. The zero-order valence-electron chi connectivity index (χ0n) is 16.1. The molecule has 1 aromatic carbocycles. The summed E-state index contributed by atoms with van der Waals surface area (Å²) < 4.78 is 1.31. The van der Waals surface area contributed by atoms with E-state index in [4.69, 9.17) is 0 Å². The van der Waals surface area contributed by atoms with Crippen LogP contribution in [-0.4, -0.2) is 20.4 Å². The summed E-state index contributed by atoms with van der Waals surface area (Å²) in [6, 6.07) is 10.1. The second-order valence-corrected chi connectivity index (χ2v) is 8.59. The molecule has 0 spiro atoms. The Morgan fingerprint density at radius 1 is 1.21 bits per heavy atom. The zero-order valence-corrected chi connectivity index (χ0v) is 17.7. The molecule has 148 valence electrons. The fourth-order valence-electron chi connectivity index (χ4n) is 3.00. The summed E-state index contributed by atoms with van der Waals surface area (Å²) in [6.45, 7) is 4.29. The normalized spacial score (nSPS) is 12.2. The first-order valence-electron chi connectivity index (χ1n) is 9.33. The van der Waals surface area contributed by atoms with Gasteiger partial charge in [0.2, 0.25) is 5.91 Å². The topological polar surface area (TPSA) is 76.9 Å². The van der Waals surface area contributed by atoms with Crippen molar-refractivity contribution >= 4 is 43.9 Å². The van der Waals surface area contributed by atoms with Crippen LogP contribution in [0.25, 0.3) is 21.5 Å². The van der Waals surface area contributed by atoms with E-state index in [1.54, 1.807) is 6.07 Å². The van der Waals surface area contributed by atoms with Crippen LogP contribution >= 0.6 is 22.7 Å². The molecule has 29 heavy (non-hydrogen) atoms. The van der Waals surface area contributed by atoms with Crippen LogP contribution in [0.3, 0.4) is 0 Å². The Kier molecular flexibility index (Phi) is 5.55. The first kappa shape index (κ1) is 19.5. The largest absolute Gasteiger partial charge is 0.300 e. The third kappa shape index (κ3) is 4.13. The van der Waals surface area contributed by atoms with Gasteiger partial charge in [-0.25, -0.2) is 9.97 Å². The van der Waals surface area contributed by atoms with Crippen LogP contribution in [-0.2, 0) is 11.3 Å². The van der Waals surface area contributed by atoms with E-state index in [1.165, 1.54) is 39.1 Å². The molecule has 1 amide bonds. The van der Waals surface area contributed by atoms with E-state index in [0.717, 1.165) is 17.7 Å². The lowest BCUT2D eigenvalue weighted by Gasteiger charge is -2.09. The van der Waals surface area contributed by atoms with Gasteiger partial charge in [-0.1, -0.05) is 38.1 Å². The number of nitrogens with one attached hydrogen (secondary N) is 1. The third-order valence-electron chi connectivity index (χ3n) is 4.90. The lowest BCUT2D eigenvalue weighted by Crippen LogP contribution is -2.27. The van der Waals surface area contributed by atoms with Crippen molar-refractivity contribution in [1.82, 2.24) is 14.5 Å². The molecule has 0 bridgehead atoms. The summed E-state index contributed by atoms with van der Waals surface area (Å²) >= 11 is 2.76. The highest BCUT2D eigenvalue weighted by Gasteiger charge is 2.12. The van der Waals surface area contributed by atoms with Crippen molar-refractivity contribution in [2.24, 2.45) is 0 Å². The van der Waals surface area contributed by atoms with Crippen molar-refractivity contribution in [3.63, 3.8) is 0 Å². The number of thiophene rings is 1. The van der Waals surface area contributed by atoms with Crippen molar-refractivity contribution in [3.05, 3.63) is 63.3 Å². The predicted molar refractivity (Wildman–Crippen MR) is 119 cm³/mol. The number of rotatable bonds is 6. The van der Waals surface area contributed by atoms with Crippen LogP contribution in [0.5, 0.6) is 0 Å². The van der Waals surface area contributed by atoms with E-state index in [9.17, 15) is 9.59 Å². The molecule has 8 heteroatoms. The third-order valence-corrected chi connectivity index (χ3v) is 6.48. The van der Waals surface area contributed by atoms with E-state index in [0.29, 0.717) is 21.3 Å². The number of carbonyl (C=O) groups excluding carboxylic acids is 1. The number of aromatic nitrogens is 3. The van der Waals surface area contributed by atoms with Crippen LogP contribution in [0, 0.1) is 0 Å². The minimum absolute atomic E-state index is 0.101. The molecule has 3 heterocycles. The van der Waals surface area contributed by atoms with Gasteiger partial charge in [-0.15, -0.1) is 22.7 Å². The van der Waals surface area contributed by atoms with Crippen molar-refractivity contribution in [1.29, 1.82) is 0 Å². The maximum Gasteiger partial charge on any atom is 0.262 e. The maximum atomic E-state index is 12.4. The molecular formula is C21H20N4O2S2. The van der Waals surface area contributed by atoms with Gasteiger partial charge in [0.1, 0.15) is 11.4 Å². The van der Waals surface area contributed by atoms with Gasteiger partial charge in [0.05, 0.1) is 17.4 Å². The maximum absolute atomic E-state index is 12.4. The summed E-state index contributed by atoms with van der Waals surface area (Å²) in [6.07, 6.45) is 2.51. The van der Waals surface area contributed by atoms with E-state index < -0.39 is 0 Å². The van der Waals surface area contributed by atoms with E-state index >= 15 is 0 Å². The highest BCUT2D eigenvalue weighted by Crippen LogP contribution is 2.27. The fraction of sp³-hybridized carbons (Fsp3) is 0.238. The minimum atomic E-state index is -0.309. The molecule has 6 nitrogen and oxygen atoms in total. The molecule has 0 aliphatic rings. The van der Waals surface area contributed by atoms with E-state index in [-0.39, 0.29) is 18.0 Å². The van der Waals surface area contributed by atoms with Crippen LogP contribution in [0.4, 0.5) is 5.13 Å². The van der Waals surface area contributed by atoms with Gasteiger partial charge in [0.25, 0.3) is 5.56 Å². The van der Waals surface area contributed by atoms with Gasteiger partial charge in [-0.05, 0) is 29.3 Å². The van der Waals surface area contributed by atoms with Crippen LogP contribution in [0.1, 0.15) is 31.7 Å². The molecule has 0 saturated heterocycles. The van der Waals surface area contributed by atoms with E-state index in [2.05, 4.69) is 53.4 Å². The number of thiazole rings is 1. The zero-order chi connectivity index (χ0) is 20.4. The van der Waals surface area contributed by atoms with Gasteiger partial charge < -0.3 is 5.32 Å². The molecule has 1 atom stereocenters. The quantitative estimate of drug-likeness (QED) is 0.485. The molecule has 4 aromatic rings. The fourth-order valence-corrected chi connectivity index (χ4v) is 4.46. The van der Waals surface area contributed by atoms with Crippen LogP contribution in [0.2, 0.25) is 0 Å². The Bertz CT molecular complexity index is 1210. The molecule has 3 aromatic heterocycles. The molecule has 0 saturated carbocycles. The molecule has 0 aliphatic heterocycles. The number of hydrogen-bond acceptors (Lipinski definition) is 6. The van der Waals surface area contributed by atoms with Crippen molar-refractivity contribution in [2.75, 3.05) is 5.32 Å². The Balaban J connectivity index is 1.45. The lowest BCUT2D eigenvalue weighted by atomic mass is 9.97. The van der Waals surface area contributed by atoms with Crippen LogP contribution in [0.15, 0.2) is 52.2 Å². The molecule has 0 aliphatic carbocycles. The van der Waals surface area contributed by atoms with Crippen molar-refractivity contribution in [3.8, 4) is 11.3 Å². The molecule has 4 rings (SSSR count). The number of nitrogens with zero attached hydrogens (tertiary/aromatic N) is 3. The number of anilines is 1. The highest BCUT2D eigenvalue weighted by molar-refractivity contribution is 7.16. The Morgan fingerprint density at radius 3 is 2.76 bits per heavy atom. The second-order valence-electron chi connectivity index (χ2n) is 6.83.